The van der Waals surface area contributed by atoms with E-state index in [1.54, 1.807) is 12.1 Å². The highest BCUT2D eigenvalue weighted by Crippen LogP contribution is 2.34. The molecule has 1 aliphatic carbocycles. The fourth-order valence-corrected chi connectivity index (χ4v) is 3.54. The molecule has 0 radical (unpaired) electrons. The van der Waals surface area contributed by atoms with Crippen LogP contribution in [0.5, 0.6) is 0 Å². The van der Waals surface area contributed by atoms with Gasteiger partial charge in [0.15, 0.2) is 0 Å². The van der Waals surface area contributed by atoms with Gasteiger partial charge in [-0.3, -0.25) is 0 Å². The van der Waals surface area contributed by atoms with Crippen molar-refractivity contribution in [3.63, 3.8) is 0 Å². The van der Waals surface area contributed by atoms with Crippen molar-refractivity contribution in [2.24, 2.45) is 5.92 Å². The third kappa shape index (κ3) is 3.99. The molecule has 23 heavy (non-hydrogen) atoms. The van der Waals surface area contributed by atoms with Gasteiger partial charge in [-0.25, -0.2) is 9.37 Å². The van der Waals surface area contributed by atoms with Crippen LogP contribution in [0.4, 0.5) is 4.39 Å². The fraction of sp³-hybridized carbons (Fsp3) is 0.526. The van der Waals surface area contributed by atoms with E-state index in [0.717, 1.165) is 17.1 Å². The Kier molecular flexibility index (Phi) is 5.11. The summed E-state index contributed by atoms with van der Waals surface area (Å²) >= 11 is 0. The minimum absolute atomic E-state index is 0.213. The number of nitrogens with zero attached hydrogens (tertiary/aromatic N) is 1. The van der Waals surface area contributed by atoms with Crippen LogP contribution in [0.15, 0.2) is 30.5 Å². The number of H-pyrrole nitrogens is 1. The van der Waals surface area contributed by atoms with Crippen LogP contribution in [-0.4, -0.2) is 16.0 Å². The molecule has 1 unspecified atom stereocenters. The molecular formula is C19H26FN3. The maximum absolute atomic E-state index is 13.1. The number of aromatic amines is 1. The zero-order chi connectivity index (χ0) is 16.2. The smallest absolute Gasteiger partial charge is 0.124 e. The molecule has 0 spiro atoms. The molecule has 1 aromatic carbocycles. The minimum Gasteiger partial charge on any atom is -0.341 e. The Hall–Kier alpha value is -1.68. The highest BCUT2D eigenvalue weighted by molar-refractivity contribution is 5.58. The molecule has 1 saturated carbocycles. The van der Waals surface area contributed by atoms with Crippen molar-refractivity contribution in [3.8, 4) is 11.3 Å². The lowest BCUT2D eigenvalue weighted by molar-refractivity contribution is 0.253. The molecule has 0 saturated heterocycles. The topological polar surface area (TPSA) is 40.7 Å². The lowest BCUT2D eigenvalue weighted by Crippen LogP contribution is -2.35. The second-order valence-corrected chi connectivity index (χ2v) is 6.89. The highest BCUT2D eigenvalue weighted by atomic mass is 19.1. The summed E-state index contributed by atoms with van der Waals surface area (Å²) in [5, 5.41) is 3.69. The zero-order valence-electron chi connectivity index (χ0n) is 14.0. The van der Waals surface area contributed by atoms with Crippen LogP contribution in [0.3, 0.4) is 0 Å². The van der Waals surface area contributed by atoms with Crippen molar-refractivity contribution in [2.75, 3.05) is 0 Å². The van der Waals surface area contributed by atoms with E-state index < -0.39 is 0 Å². The maximum atomic E-state index is 13.1. The van der Waals surface area contributed by atoms with E-state index in [4.69, 9.17) is 0 Å². The second kappa shape index (κ2) is 7.26. The molecule has 2 N–H and O–H groups in total. The summed E-state index contributed by atoms with van der Waals surface area (Å²) in [6.07, 6.45) is 8.36. The van der Waals surface area contributed by atoms with Crippen molar-refractivity contribution >= 4 is 0 Å². The molecule has 124 valence electrons. The number of rotatable bonds is 5. The molecule has 4 heteroatoms. The molecule has 3 rings (SSSR count). The summed E-state index contributed by atoms with van der Waals surface area (Å²) in [5.41, 5.74) is 1.92. The molecule has 1 atom stereocenters. The number of hydrogen-bond acceptors (Lipinski definition) is 2. The quantitative estimate of drug-likeness (QED) is 0.829. The lowest BCUT2D eigenvalue weighted by atomic mass is 9.83. The Morgan fingerprint density at radius 3 is 2.48 bits per heavy atom. The van der Waals surface area contributed by atoms with E-state index in [2.05, 4.69) is 29.1 Å². The van der Waals surface area contributed by atoms with Gasteiger partial charge in [0, 0.05) is 6.04 Å². The third-order valence-electron chi connectivity index (χ3n) is 4.68. The molecule has 1 fully saturated rings. The normalized spacial score (nSPS) is 17.6. The molecule has 1 heterocycles. The Morgan fingerprint density at radius 2 is 1.83 bits per heavy atom. The molecule has 0 aliphatic heterocycles. The number of nitrogens with one attached hydrogen (secondary N) is 2. The standard InChI is InChI=1S/C19H26FN3/c1-13(2)22-18(15-6-4-3-5-7-15)19-21-12-17(23-19)14-8-10-16(20)11-9-14/h8-13,15,18,22H,3-7H2,1-2H3,(H,21,23). The maximum Gasteiger partial charge on any atom is 0.124 e. The van der Waals surface area contributed by atoms with Crippen LogP contribution in [0.2, 0.25) is 0 Å². The van der Waals surface area contributed by atoms with Crippen LogP contribution < -0.4 is 5.32 Å². The van der Waals surface area contributed by atoms with E-state index >= 15 is 0 Å². The lowest BCUT2D eigenvalue weighted by Gasteiger charge is -2.31. The van der Waals surface area contributed by atoms with Crippen LogP contribution in [0.1, 0.15) is 57.8 Å². The van der Waals surface area contributed by atoms with Crippen molar-refractivity contribution < 1.29 is 4.39 Å². The Balaban J connectivity index is 1.83. The van der Waals surface area contributed by atoms with Crippen molar-refractivity contribution in [1.29, 1.82) is 0 Å². The van der Waals surface area contributed by atoms with E-state index in [0.29, 0.717) is 12.0 Å². The van der Waals surface area contributed by atoms with Gasteiger partial charge < -0.3 is 10.3 Å². The first-order chi connectivity index (χ1) is 11.1. The molecular weight excluding hydrogens is 289 g/mol. The van der Waals surface area contributed by atoms with Gasteiger partial charge >= 0.3 is 0 Å². The largest absolute Gasteiger partial charge is 0.341 e. The van der Waals surface area contributed by atoms with Crippen LogP contribution >= 0.6 is 0 Å². The van der Waals surface area contributed by atoms with Gasteiger partial charge in [-0.1, -0.05) is 33.1 Å². The average molecular weight is 315 g/mol. The average Bonchev–Trinajstić information content (AvgIpc) is 3.03. The Labute approximate surface area is 137 Å². The van der Waals surface area contributed by atoms with E-state index in [1.807, 2.05) is 6.20 Å². The molecule has 0 bridgehead atoms. The van der Waals surface area contributed by atoms with Gasteiger partial charge in [-0.05, 0) is 48.6 Å². The first kappa shape index (κ1) is 16.2. The summed E-state index contributed by atoms with van der Waals surface area (Å²) in [7, 11) is 0. The van der Waals surface area contributed by atoms with Crippen LogP contribution in [0.25, 0.3) is 11.3 Å². The minimum atomic E-state index is -0.213. The van der Waals surface area contributed by atoms with Gasteiger partial charge in [0.05, 0.1) is 17.9 Å². The summed E-state index contributed by atoms with van der Waals surface area (Å²) in [6, 6.07) is 7.24. The zero-order valence-corrected chi connectivity index (χ0v) is 14.0. The van der Waals surface area contributed by atoms with Crippen molar-refractivity contribution in [3.05, 3.63) is 42.1 Å². The van der Waals surface area contributed by atoms with Gasteiger partial charge in [-0.2, -0.15) is 0 Å². The summed E-state index contributed by atoms with van der Waals surface area (Å²) in [4.78, 5) is 8.09. The molecule has 1 aromatic heterocycles. The number of hydrogen-bond donors (Lipinski definition) is 2. The second-order valence-electron chi connectivity index (χ2n) is 6.89. The monoisotopic (exact) mass is 315 g/mol. The third-order valence-corrected chi connectivity index (χ3v) is 4.68. The SMILES string of the molecule is CC(C)NC(c1ncc(-c2ccc(F)cc2)[nH]1)C1CCCCC1. The Morgan fingerprint density at radius 1 is 1.13 bits per heavy atom. The molecule has 3 nitrogen and oxygen atoms in total. The van der Waals surface area contributed by atoms with E-state index in [9.17, 15) is 4.39 Å². The molecule has 0 amide bonds. The van der Waals surface area contributed by atoms with Gasteiger partial charge in [0.1, 0.15) is 11.6 Å². The van der Waals surface area contributed by atoms with E-state index in [1.165, 1.54) is 44.2 Å². The predicted octanol–water partition coefficient (Wildman–Crippen LogP) is 4.84. The first-order valence-corrected chi connectivity index (χ1v) is 8.70. The number of imidazole rings is 1. The number of aromatic nitrogens is 2. The van der Waals surface area contributed by atoms with Gasteiger partial charge in [0.2, 0.25) is 0 Å². The van der Waals surface area contributed by atoms with Crippen LogP contribution in [-0.2, 0) is 0 Å². The molecule has 2 aromatic rings. The number of halogens is 1. The summed E-state index contributed by atoms with van der Waals surface area (Å²) in [5.74, 6) is 1.43. The van der Waals surface area contributed by atoms with Crippen molar-refractivity contribution in [2.45, 2.75) is 58.0 Å². The van der Waals surface area contributed by atoms with Crippen LogP contribution in [0, 0.1) is 11.7 Å². The Bertz CT molecular complexity index is 612. The fourth-order valence-electron chi connectivity index (χ4n) is 3.54. The highest BCUT2D eigenvalue weighted by Gasteiger charge is 2.27. The summed E-state index contributed by atoms with van der Waals surface area (Å²) < 4.78 is 13.1. The first-order valence-electron chi connectivity index (χ1n) is 8.70. The summed E-state index contributed by atoms with van der Waals surface area (Å²) in [6.45, 7) is 4.36. The van der Waals surface area contributed by atoms with Gasteiger partial charge in [0.25, 0.3) is 0 Å². The number of benzene rings is 1. The molecule has 1 aliphatic rings. The van der Waals surface area contributed by atoms with Gasteiger partial charge in [-0.15, -0.1) is 0 Å². The van der Waals surface area contributed by atoms with Crippen molar-refractivity contribution in [1.82, 2.24) is 15.3 Å². The predicted molar refractivity (Wildman–Crippen MR) is 91.6 cm³/mol. The van der Waals surface area contributed by atoms with E-state index in [-0.39, 0.29) is 11.9 Å².